The van der Waals surface area contributed by atoms with Gasteiger partial charge in [0.1, 0.15) is 5.01 Å². The normalized spacial score (nSPS) is 16.5. The minimum Gasteiger partial charge on any atom is -0.454 e. The summed E-state index contributed by atoms with van der Waals surface area (Å²) in [6, 6.07) is 11.8. The molecule has 1 atom stereocenters. The zero-order chi connectivity index (χ0) is 23.8. The highest BCUT2D eigenvalue weighted by atomic mass is 32.1. The number of aromatic nitrogens is 2. The van der Waals surface area contributed by atoms with Crippen LogP contribution in [-0.2, 0) is 11.2 Å². The quantitative estimate of drug-likeness (QED) is 0.549. The number of fused-ring (bicyclic) bond motifs is 2. The summed E-state index contributed by atoms with van der Waals surface area (Å²) in [4.78, 5) is 13.6. The van der Waals surface area contributed by atoms with Crippen LogP contribution in [0.2, 0.25) is 0 Å². The lowest BCUT2D eigenvalue weighted by molar-refractivity contribution is 0.161. The van der Waals surface area contributed by atoms with E-state index in [-0.39, 0.29) is 12.8 Å². The lowest BCUT2D eigenvalue weighted by atomic mass is 9.94. The maximum atomic E-state index is 12.1. The van der Waals surface area contributed by atoms with E-state index in [9.17, 15) is 4.79 Å². The van der Waals surface area contributed by atoms with Crippen LogP contribution in [0.5, 0.6) is 11.5 Å². The van der Waals surface area contributed by atoms with Gasteiger partial charge in [-0.15, -0.1) is 10.2 Å². The zero-order valence-electron chi connectivity index (χ0n) is 19.4. The molecular formula is C24H25N5O4S. The second kappa shape index (κ2) is 8.94. The summed E-state index contributed by atoms with van der Waals surface area (Å²) in [7, 11) is 1.69. The average molecular weight is 480 g/mol. The molecule has 10 heteroatoms. The van der Waals surface area contributed by atoms with Crippen LogP contribution in [0.1, 0.15) is 35.5 Å². The van der Waals surface area contributed by atoms with Gasteiger partial charge in [0, 0.05) is 23.9 Å². The van der Waals surface area contributed by atoms with Crippen LogP contribution < -0.4 is 19.4 Å². The Labute approximate surface area is 201 Å². The third-order valence-electron chi connectivity index (χ3n) is 5.78. The molecule has 1 aromatic heterocycles. The molecule has 2 aliphatic heterocycles. The summed E-state index contributed by atoms with van der Waals surface area (Å²) in [6.45, 7) is 6.37. The standard InChI is InChI=1S/C24H25N5O4S/c1-5-31-24(30)28(4)18-8-6-16(7-9-18)22-19-12-21-20(32-13-33-21)11-17(19)10-14(2)29(27-22)23-26-25-15(3)34-23/h6-9,11-12,14H,5,10,13H2,1-4H3. The van der Waals surface area contributed by atoms with Gasteiger partial charge >= 0.3 is 6.09 Å². The largest absolute Gasteiger partial charge is 0.454 e. The Balaban J connectivity index is 1.59. The van der Waals surface area contributed by atoms with Gasteiger partial charge in [0.05, 0.1) is 18.4 Å². The maximum absolute atomic E-state index is 12.1. The highest BCUT2D eigenvalue weighted by Gasteiger charge is 2.29. The summed E-state index contributed by atoms with van der Waals surface area (Å²) in [5.74, 6) is 1.45. The van der Waals surface area contributed by atoms with E-state index in [2.05, 4.69) is 17.1 Å². The summed E-state index contributed by atoms with van der Waals surface area (Å²) < 4.78 is 16.4. The van der Waals surface area contributed by atoms with E-state index >= 15 is 0 Å². The molecule has 1 unspecified atom stereocenters. The molecule has 0 N–H and O–H groups in total. The van der Waals surface area contributed by atoms with Crippen molar-refractivity contribution in [2.45, 2.75) is 33.2 Å². The molecule has 3 heterocycles. The maximum Gasteiger partial charge on any atom is 0.413 e. The van der Waals surface area contributed by atoms with Crippen molar-refractivity contribution < 1.29 is 19.0 Å². The minimum atomic E-state index is -0.397. The van der Waals surface area contributed by atoms with Crippen molar-refractivity contribution in [1.29, 1.82) is 0 Å². The molecule has 2 aromatic carbocycles. The number of carbonyl (C=O) groups is 1. The Kier molecular flexibility index (Phi) is 5.82. The molecule has 1 amide bonds. The number of aryl methyl sites for hydroxylation is 1. The van der Waals surface area contributed by atoms with Gasteiger partial charge in [0.25, 0.3) is 0 Å². The van der Waals surface area contributed by atoms with Crippen molar-refractivity contribution in [1.82, 2.24) is 10.2 Å². The molecule has 0 radical (unpaired) electrons. The Morgan fingerprint density at radius 3 is 2.62 bits per heavy atom. The molecule has 2 aliphatic rings. The van der Waals surface area contributed by atoms with Crippen LogP contribution >= 0.6 is 11.3 Å². The Morgan fingerprint density at radius 2 is 1.94 bits per heavy atom. The number of ether oxygens (including phenoxy) is 3. The highest BCUT2D eigenvalue weighted by molar-refractivity contribution is 7.15. The lowest BCUT2D eigenvalue weighted by Crippen LogP contribution is -2.29. The molecule has 0 saturated heterocycles. The molecule has 0 spiro atoms. The van der Waals surface area contributed by atoms with Gasteiger partial charge in [-0.05, 0) is 57.0 Å². The van der Waals surface area contributed by atoms with Crippen molar-refractivity contribution in [3.8, 4) is 11.5 Å². The lowest BCUT2D eigenvalue weighted by Gasteiger charge is -2.22. The first-order valence-electron chi connectivity index (χ1n) is 11.1. The first-order chi connectivity index (χ1) is 16.4. The third kappa shape index (κ3) is 4.05. The molecule has 176 valence electrons. The van der Waals surface area contributed by atoms with E-state index < -0.39 is 6.09 Å². The van der Waals surface area contributed by atoms with Crippen LogP contribution in [0.25, 0.3) is 0 Å². The van der Waals surface area contributed by atoms with Gasteiger partial charge in [0.2, 0.25) is 11.9 Å². The number of carbonyl (C=O) groups excluding carboxylic acids is 1. The fourth-order valence-electron chi connectivity index (χ4n) is 4.03. The number of nitrogens with zero attached hydrogens (tertiary/aromatic N) is 5. The number of rotatable bonds is 4. The van der Waals surface area contributed by atoms with Gasteiger partial charge in [-0.2, -0.15) is 5.10 Å². The van der Waals surface area contributed by atoms with E-state index in [1.165, 1.54) is 16.2 Å². The molecule has 0 fully saturated rings. The van der Waals surface area contributed by atoms with Gasteiger partial charge in [-0.1, -0.05) is 23.5 Å². The summed E-state index contributed by atoms with van der Waals surface area (Å²) in [5, 5.41) is 17.2. The smallest absolute Gasteiger partial charge is 0.413 e. The number of amides is 1. The first-order valence-corrected chi connectivity index (χ1v) is 11.9. The molecule has 0 aliphatic carbocycles. The number of hydrogen-bond acceptors (Lipinski definition) is 9. The molecular weight excluding hydrogens is 454 g/mol. The molecule has 5 rings (SSSR count). The number of hydrogen-bond donors (Lipinski definition) is 0. The Morgan fingerprint density at radius 1 is 1.21 bits per heavy atom. The molecule has 0 bridgehead atoms. The second-order valence-corrected chi connectivity index (χ2v) is 9.28. The highest BCUT2D eigenvalue weighted by Crippen LogP contribution is 2.38. The topological polar surface area (TPSA) is 89.4 Å². The van der Waals surface area contributed by atoms with E-state index in [1.807, 2.05) is 48.3 Å². The molecule has 0 saturated carbocycles. The van der Waals surface area contributed by atoms with E-state index in [0.29, 0.717) is 12.4 Å². The summed E-state index contributed by atoms with van der Waals surface area (Å²) in [5.41, 5.74) is 4.52. The summed E-state index contributed by atoms with van der Waals surface area (Å²) >= 11 is 1.51. The summed E-state index contributed by atoms with van der Waals surface area (Å²) in [6.07, 6.45) is 0.355. The van der Waals surface area contributed by atoms with Crippen LogP contribution in [0.3, 0.4) is 0 Å². The van der Waals surface area contributed by atoms with Crippen molar-refractivity contribution in [2.24, 2.45) is 5.10 Å². The van der Waals surface area contributed by atoms with Crippen LogP contribution in [0, 0.1) is 6.92 Å². The fourth-order valence-corrected chi connectivity index (χ4v) is 4.77. The van der Waals surface area contributed by atoms with E-state index in [1.54, 1.807) is 14.0 Å². The van der Waals surface area contributed by atoms with E-state index in [4.69, 9.17) is 19.3 Å². The van der Waals surface area contributed by atoms with Crippen molar-refractivity contribution in [2.75, 3.05) is 30.4 Å². The van der Waals surface area contributed by atoms with Crippen molar-refractivity contribution in [3.63, 3.8) is 0 Å². The van der Waals surface area contributed by atoms with Crippen LogP contribution in [-0.4, -0.2) is 48.5 Å². The average Bonchev–Trinajstić information content (AvgIpc) is 3.44. The zero-order valence-corrected chi connectivity index (χ0v) is 20.3. The third-order valence-corrected chi connectivity index (χ3v) is 6.60. The fraction of sp³-hybridized carbons (Fsp3) is 0.333. The van der Waals surface area contributed by atoms with Crippen molar-refractivity contribution in [3.05, 3.63) is 58.1 Å². The number of hydrazone groups is 1. The SMILES string of the molecule is CCOC(=O)N(C)c1ccc(C2=NN(c3nnc(C)s3)C(C)Cc3cc4c(cc32)OCO4)cc1. The van der Waals surface area contributed by atoms with Crippen LogP contribution in [0.4, 0.5) is 15.6 Å². The van der Waals surface area contributed by atoms with Gasteiger partial charge in [-0.25, -0.2) is 9.80 Å². The Hall–Kier alpha value is -3.66. The van der Waals surface area contributed by atoms with Crippen molar-refractivity contribution >= 4 is 34.0 Å². The van der Waals surface area contributed by atoms with Crippen LogP contribution in [0.15, 0.2) is 41.5 Å². The molecule has 3 aromatic rings. The minimum absolute atomic E-state index is 0.0539. The number of anilines is 2. The van der Waals surface area contributed by atoms with E-state index in [0.717, 1.165) is 50.4 Å². The first kappa shape index (κ1) is 22.1. The predicted octanol–water partition coefficient (Wildman–Crippen LogP) is 4.37. The van der Waals surface area contributed by atoms with Gasteiger partial charge in [0.15, 0.2) is 11.5 Å². The monoisotopic (exact) mass is 479 g/mol. The number of benzene rings is 2. The second-order valence-electron chi connectivity index (χ2n) is 8.12. The molecule has 9 nitrogen and oxygen atoms in total. The van der Waals surface area contributed by atoms with Gasteiger partial charge in [-0.3, -0.25) is 4.90 Å². The predicted molar refractivity (Wildman–Crippen MR) is 130 cm³/mol. The molecule has 34 heavy (non-hydrogen) atoms. The van der Waals surface area contributed by atoms with Gasteiger partial charge < -0.3 is 14.2 Å². The Bertz CT molecular complexity index is 1260.